The highest BCUT2D eigenvalue weighted by Gasteiger charge is 2.34. The highest BCUT2D eigenvalue weighted by Crippen LogP contribution is 2.32. The second-order valence-corrected chi connectivity index (χ2v) is 5.06. The Kier molecular flexibility index (Phi) is 4.42. The molecular formula is C15H12ClF4N. The van der Waals surface area contributed by atoms with Crippen LogP contribution in [0.2, 0.25) is 5.02 Å². The first kappa shape index (κ1) is 15.6. The molecule has 0 fully saturated rings. The molecule has 6 heteroatoms. The van der Waals surface area contributed by atoms with Gasteiger partial charge in [0.15, 0.2) is 0 Å². The van der Waals surface area contributed by atoms with E-state index in [4.69, 9.17) is 11.6 Å². The van der Waals surface area contributed by atoms with Gasteiger partial charge in [-0.05, 0) is 48.4 Å². The maximum atomic E-state index is 13.2. The molecule has 0 atom stereocenters. The van der Waals surface area contributed by atoms with Crippen molar-refractivity contribution in [1.29, 1.82) is 0 Å². The van der Waals surface area contributed by atoms with Crippen molar-refractivity contribution in [1.82, 2.24) is 0 Å². The molecule has 0 aliphatic rings. The summed E-state index contributed by atoms with van der Waals surface area (Å²) in [4.78, 5) is 0. The third-order valence-corrected chi connectivity index (χ3v) is 3.24. The summed E-state index contributed by atoms with van der Waals surface area (Å²) in [6.07, 6.45) is -4.70. The average Bonchev–Trinajstić information content (AvgIpc) is 2.38. The van der Waals surface area contributed by atoms with Gasteiger partial charge in [-0.1, -0.05) is 17.7 Å². The van der Waals surface area contributed by atoms with E-state index in [1.54, 1.807) is 18.2 Å². The van der Waals surface area contributed by atoms with E-state index in [1.807, 2.05) is 6.92 Å². The molecule has 1 N–H and O–H groups in total. The molecule has 0 aliphatic heterocycles. The summed E-state index contributed by atoms with van der Waals surface area (Å²) < 4.78 is 51.1. The highest BCUT2D eigenvalue weighted by molar-refractivity contribution is 6.30. The van der Waals surface area contributed by atoms with E-state index in [-0.39, 0.29) is 6.54 Å². The minimum atomic E-state index is -4.70. The topological polar surface area (TPSA) is 12.0 Å². The van der Waals surface area contributed by atoms with Gasteiger partial charge in [-0.2, -0.15) is 13.2 Å². The second-order valence-electron chi connectivity index (χ2n) is 4.62. The molecule has 2 aromatic rings. The van der Waals surface area contributed by atoms with Crippen LogP contribution < -0.4 is 5.32 Å². The maximum Gasteiger partial charge on any atom is 0.419 e. The minimum Gasteiger partial charge on any atom is -0.381 e. The van der Waals surface area contributed by atoms with Gasteiger partial charge >= 0.3 is 6.18 Å². The first-order valence-electron chi connectivity index (χ1n) is 6.13. The van der Waals surface area contributed by atoms with E-state index in [2.05, 4.69) is 5.32 Å². The zero-order valence-electron chi connectivity index (χ0n) is 11.1. The molecule has 0 spiro atoms. The largest absolute Gasteiger partial charge is 0.419 e. The predicted octanol–water partition coefficient (Wildman–Crippen LogP) is 5.42. The lowest BCUT2D eigenvalue weighted by Crippen LogP contribution is -2.10. The Bertz CT molecular complexity index is 653. The van der Waals surface area contributed by atoms with E-state index in [0.29, 0.717) is 10.6 Å². The Morgan fingerprint density at radius 3 is 2.43 bits per heavy atom. The molecule has 1 nitrogen and oxygen atoms in total. The van der Waals surface area contributed by atoms with Crippen LogP contribution in [0.4, 0.5) is 23.2 Å². The Morgan fingerprint density at radius 1 is 1.10 bits per heavy atom. The first-order chi connectivity index (χ1) is 9.77. The number of aryl methyl sites for hydroxylation is 1. The monoisotopic (exact) mass is 317 g/mol. The van der Waals surface area contributed by atoms with Gasteiger partial charge in [0.1, 0.15) is 5.82 Å². The van der Waals surface area contributed by atoms with Gasteiger partial charge in [-0.15, -0.1) is 0 Å². The highest BCUT2D eigenvalue weighted by atomic mass is 35.5. The molecule has 112 valence electrons. The van der Waals surface area contributed by atoms with Gasteiger partial charge in [0.2, 0.25) is 0 Å². The predicted molar refractivity (Wildman–Crippen MR) is 74.9 cm³/mol. The quantitative estimate of drug-likeness (QED) is 0.745. The summed E-state index contributed by atoms with van der Waals surface area (Å²) in [6.45, 7) is 1.99. The Hall–Kier alpha value is -1.75. The van der Waals surface area contributed by atoms with Gasteiger partial charge < -0.3 is 5.32 Å². The summed E-state index contributed by atoms with van der Waals surface area (Å²) in [6, 6.07) is 8.13. The molecule has 2 rings (SSSR count). The van der Waals surface area contributed by atoms with Crippen LogP contribution in [0.15, 0.2) is 36.4 Å². The number of alkyl halides is 3. The average molecular weight is 318 g/mol. The first-order valence-corrected chi connectivity index (χ1v) is 6.51. The van der Waals surface area contributed by atoms with Crippen molar-refractivity contribution < 1.29 is 17.6 Å². The van der Waals surface area contributed by atoms with Crippen molar-refractivity contribution in [3.05, 3.63) is 63.9 Å². The number of nitrogens with one attached hydrogen (secondary N) is 1. The fraction of sp³-hybridized carbons (Fsp3) is 0.200. The summed E-state index contributed by atoms with van der Waals surface area (Å²) in [7, 11) is 0. The van der Waals surface area contributed by atoms with Crippen LogP contribution in [-0.2, 0) is 12.7 Å². The summed E-state index contributed by atoms with van der Waals surface area (Å²) in [5.41, 5.74) is 0.727. The maximum absolute atomic E-state index is 13.2. The Morgan fingerprint density at radius 2 is 1.81 bits per heavy atom. The summed E-state index contributed by atoms with van der Waals surface area (Å²) >= 11 is 5.83. The lowest BCUT2D eigenvalue weighted by atomic mass is 10.1. The molecule has 21 heavy (non-hydrogen) atoms. The molecule has 0 heterocycles. The molecule has 0 saturated carbocycles. The second kappa shape index (κ2) is 5.93. The van der Waals surface area contributed by atoms with Gasteiger partial charge in [0.05, 0.1) is 5.56 Å². The van der Waals surface area contributed by atoms with Crippen LogP contribution in [0.25, 0.3) is 0 Å². The van der Waals surface area contributed by atoms with Crippen LogP contribution in [0.5, 0.6) is 0 Å². The molecule has 0 unspecified atom stereocenters. The molecule has 0 aromatic heterocycles. The van der Waals surface area contributed by atoms with Crippen molar-refractivity contribution in [3.8, 4) is 0 Å². The fourth-order valence-electron chi connectivity index (χ4n) is 1.92. The molecular weight excluding hydrogens is 306 g/mol. The Balaban J connectivity index is 2.17. The van der Waals surface area contributed by atoms with Gasteiger partial charge in [-0.25, -0.2) is 4.39 Å². The van der Waals surface area contributed by atoms with Crippen LogP contribution in [0, 0.1) is 12.7 Å². The summed E-state index contributed by atoms with van der Waals surface area (Å²) in [5.74, 6) is -1.27. The lowest BCUT2D eigenvalue weighted by Gasteiger charge is -2.12. The van der Waals surface area contributed by atoms with E-state index >= 15 is 0 Å². The standard InChI is InChI=1S/C15H12ClF4N/c1-9-6-11(16)3-5-14(9)21-8-10-2-4-13(17)12(7-10)15(18,19)20/h2-7,21H,8H2,1H3. The van der Waals surface area contributed by atoms with Crippen LogP contribution >= 0.6 is 11.6 Å². The van der Waals surface area contributed by atoms with E-state index < -0.39 is 17.6 Å². The van der Waals surface area contributed by atoms with Gasteiger partial charge in [0, 0.05) is 17.3 Å². The van der Waals surface area contributed by atoms with Crippen LogP contribution in [-0.4, -0.2) is 0 Å². The molecule has 0 radical (unpaired) electrons. The number of hydrogen-bond acceptors (Lipinski definition) is 1. The van der Waals surface area contributed by atoms with E-state index in [0.717, 1.165) is 23.4 Å². The number of rotatable bonds is 3. The summed E-state index contributed by atoms with van der Waals surface area (Å²) in [5, 5.41) is 3.59. The van der Waals surface area contributed by atoms with Crippen molar-refractivity contribution >= 4 is 17.3 Å². The van der Waals surface area contributed by atoms with Gasteiger partial charge in [-0.3, -0.25) is 0 Å². The Labute approximate surface area is 124 Å². The number of hydrogen-bond donors (Lipinski definition) is 1. The van der Waals surface area contributed by atoms with Crippen molar-refractivity contribution in [3.63, 3.8) is 0 Å². The van der Waals surface area contributed by atoms with Crippen molar-refractivity contribution in [2.75, 3.05) is 5.32 Å². The van der Waals surface area contributed by atoms with E-state index in [9.17, 15) is 17.6 Å². The minimum absolute atomic E-state index is 0.159. The zero-order chi connectivity index (χ0) is 15.6. The van der Waals surface area contributed by atoms with Crippen LogP contribution in [0.3, 0.4) is 0 Å². The molecule has 2 aromatic carbocycles. The smallest absolute Gasteiger partial charge is 0.381 e. The number of halogens is 5. The van der Waals surface area contributed by atoms with E-state index in [1.165, 1.54) is 6.07 Å². The zero-order valence-corrected chi connectivity index (χ0v) is 11.8. The third-order valence-electron chi connectivity index (χ3n) is 3.01. The van der Waals surface area contributed by atoms with Crippen molar-refractivity contribution in [2.45, 2.75) is 19.6 Å². The normalized spacial score (nSPS) is 11.5. The lowest BCUT2D eigenvalue weighted by molar-refractivity contribution is -0.140. The molecule has 0 aliphatic carbocycles. The fourth-order valence-corrected chi connectivity index (χ4v) is 2.15. The molecule has 0 bridgehead atoms. The van der Waals surface area contributed by atoms with Crippen LogP contribution in [0.1, 0.15) is 16.7 Å². The number of benzene rings is 2. The SMILES string of the molecule is Cc1cc(Cl)ccc1NCc1ccc(F)c(C(F)(F)F)c1. The van der Waals surface area contributed by atoms with Gasteiger partial charge in [0.25, 0.3) is 0 Å². The molecule has 0 saturated heterocycles. The number of anilines is 1. The van der Waals surface area contributed by atoms with Crippen molar-refractivity contribution in [2.24, 2.45) is 0 Å². The molecule has 0 amide bonds. The third kappa shape index (κ3) is 3.88.